The third-order valence-corrected chi connectivity index (χ3v) is 4.26. The van der Waals surface area contributed by atoms with Crippen LogP contribution in [0.25, 0.3) is 22.6 Å². The normalized spacial score (nSPS) is 11.0. The molecule has 0 N–H and O–H groups in total. The van der Waals surface area contributed by atoms with Gasteiger partial charge in [-0.15, -0.1) is 0 Å². The van der Waals surface area contributed by atoms with E-state index in [1.165, 1.54) is 0 Å². The molecule has 0 spiro atoms. The summed E-state index contributed by atoms with van der Waals surface area (Å²) in [6.45, 7) is 0.484. The maximum absolute atomic E-state index is 5.98. The molecule has 0 bridgehead atoms. The van der Waals surface area contributed by atoms with Crippen LogP contribution in [0, 0.1) is 0 Å². The molecule has 0 aliphatic carbocycles. The number of hydrogen-bond donors (Lipinski definition) is 0. The number of fused-ring (bicyclic) bond motifs is 1. The molecular formula is C20H13Cl2NO2. The van der Waals surface area contributed by atoms with E-state index in [1.54, 1.807) is 12.1 Å². The third kappa shape index (κ3) is 3.63. The molecule has 0 fully saturated rings. The Bertz CT molecular complexity index is 1010. The Balaban J connectivity index is 1.49. The molecule has 0 aliphatic rings. The summed E-state index contributed by atoms with van der Waals surface area (Å²) in [5, 5.41) is 1.35. The highest BCUT2D eigenvalue weighted by atomic mass is 35.5. The Kier molecular flexibility index (Phi) is 4.35. The lowest BCUT2D eigenvalue weighted by atomic mass is 10.2. The quantitative estimate of drug-likeness (QED) is 0.418. The molecule has 4 aromatic rings. The van der Waals surface area contributed by atoms with Crippen LogP contribution in [0.1, 0.15) is 5.56 Å². The minimum atomic E-state index is 0.484. The fraction of sp³-hybridized carbons (Fsp3) is 0.0500. The van der Waals surface area contributed by atoms with Gasteiger partial charge in [0.15, 0.2) is 5.58 Å². The summed E-state index contributed by atoms with van der Waals surface area (Å²) in [5.74, 6) is 1.33. The van der Waals surface area contributed by atoms with Crippen molar-refractivity contribution >= 4 is 34.3 Å². The Morgan fingerprint density at radius 1 is 0.840 bits per heavy atom. The third-order valence-electron chi connectivity index (χ3n) is 3.77. The first-order valence-electron chi connectivity index (χ1n) is 7.71. The zero-order valence-electron chi connectivity index (χ0n) is 13.1. The number of rotatable bonds is 4. The molecule has 3 aromatic carbocycles. The van der Waals surface area contributed by atoms with E-state index in [9.17, 15) is 0 Å². The summed E-state index contributed by atoms with van der Waals surface area (Å²) in [4.78, 5) is 4.47. The van der Waals surface area contributed by atoms with E-state index in [2.05, 4.69) is 4.98 Å². The topological polar surface area (TPSA) is 35.3 Å². The smallest absolute Gasteiger partial charge is 0.227 e. The fourth-order valence-corrected chi connectivity index (χ4v) is 2.76. The van der Waals surface area contributed by atoms with Gasteiger partial charge in [0, 0.05) is 15.6 Å². The maximum Gasteiger partial charge on any atom is 0.227 e. The van der Waals surface area contributed by atoms with Crippen LogP contribution in [0.2, 0.25) is 10.0 Å². The minimum absolute atomic E-state index is 0.484. The van der Waals surface area contributed by atoms with Gasteiger partial charge in [-0.2, -0.15) is 0 Å². The monoisotopic (exact) mass is 369 g/mol. The molecule has 1 aromatic heterocycles. The summed E-state index contributed by atoms with van der Waals surface area (Å²) in [6, 6.07) is 20.6. The van der Waals surface area contributed by atoms with Gasteiger partial charge in [-0.25, -0.2) is 4.98 Å². The lowest BCUT2D eigenvalue weighted by molar-refractivity contribution is 0.306. The molecule has 25 heavy (non-hydrogen) atoms. The number of aromatic nitrogens is 1. The first-order chi connectivity index (χ1) is 12.2. The summed E-state index contributed by atoms with van der Waals surface area (Å²) in [6.07, 6.45) is 0. The Morgan fingerprint density at radius 3 is 2.32 bits per heavy atom. The average molecular weight is 370 g/mol. The average Bonchev–Trinajstić information content (AvgIpc) is 3.05. The SMILES string of the molecule is Clc1ccc(COc2ccc(-c3nc4cc(Cl)ccc4o3)cc2)cc1. The molecule has 0 unspecified atom stereocenters. The molecule has 0 radical (unpaired) electrons. The van der Waals surface area contributed by atoms with Crippen LogP contribution in [-0.2, 0) is 6.61 Å². The van der Waals surface area contributed by atoms with Crippen molar-refractivity contribution in [2.45, 2.75) is 6.61 Å². The Hall–Kier alpha value is -2.49. The molecule has 3 nitrogen and oxygen atoms in total. The molecule has 0 saturated carbocycles. The predicted molar refractivity (Wildman–Crippen MR) is 100 cm³/mol. The second kappa shape index (κ2) is 6.79. The van der Waals surface area contributed by atoms with Crippen molar-refractivity contribution in [3.63, 3.8) is 0 Å². The van der Waals surface area contributed by atoms with Crippen LogP contribution in [0.5, 0.6) is 5.75 Å². The number of benzene rings is 3. The number of halogens is 2. The van der Waals surface area contributed by atoms with E-state index in [1.807, 2.05) is 54.6 Å². The van der Waals surface area contributed by atoms with Gasteiger partial charge in [0.25, 0.3) is 0 Å². The van der Waals surface area contributed by atoms with Gasteiger partial charge in [-0.1, -0.05) is 35.3 Å². The van der Waals surface area contributed by atoms with E-state index in [0.717, 1.165) is 22.4 Å². The van der Waals surface area contributed by atoms with E-state index in [4.69, 9.17) is 32.4 Å². The first-order valence-corrected chi connectivity index (χ1v) is 8.47. The minimum Gasteiger partial charge on any atom is -0.489 e. The molecule has 0 saturated heterocycles. The van der Waals surface area contributed by atoms with Gasteiger partial charge in [-0.05, 0) is 60.2 Å². The summed E-state index contributed by atoms with van der Waals surface area (Å²) in [5.41, 5.74) is 3.39. The first kappa shape index (κ1) is 16.0. The van der Waals surface area contributed by atoms with Crippen molar-refractivity contribution in [3.8, 4) is 17.2 Å². The van der Waals surface area contributed by atoms with Crippen molar-refractivity contribution in [3.05, 3.63) is 82.3 Å². The number of oxazole rings is 1. The second-order valence-corrected chi connectivity index (χ2v) is 6.44. The van der Waals surface area contributed by atoms with Gasteiger partial charge in [0.2, 0.25) is 5.89 Å². The van der Waals surface area contributed by atoms with Crippen molar-refractivity contribution in [2.24, 2.45) is 0 Å². The van der Waals surface area contributed by atoms with E-state index in [0.29, 0.717) is 28.1 Å². The van der Waals surface area contributed by atoms with Crippen LogP contribution in [-0.4, -0.2) is 4.98 Å². The van der Waals surface area contributed by atoms with Gasteiger partial charge < -0.3 is 9.15 Å². The van der Waals surface area contributed by atoms with Gasteiger partial charge in [0.05, 0.1) is 0 Å². The van der Waals surface area contributed by atoms with E-state index in [-0.39, 0.29) is 0 Å². The molecular weight excluding hydrogens is 357 g/mol. The maximum atomic E-state index is 5.98. The van der Waals surface area contributed by atoms with Crippen LogP contribution in [0.4, 0.5) is 0 Å². The van der Waals surface area contributed by atoms with Gasteiger partial charge in [0.1, 0.15) is 17.9 Å². The summed E-state index contributed by atoms with van der Waals surface area (Å²) < 4.78 is 11.6. The Labute approximate surface area is 154 Å². The molecule has 0 aliphatic heterocycles. The van der Waals surface area contributed by atoms with E-state index < -0.39 is 0 Å². The van der Waals surface area contributed by atoms with Crippen molar-refractivity contribution in [2.75, 3.05) is 0 Å². The van der Waals surface area contributed by atoms with Crippen LogP contribution < -0.4 is 4.74 Å². The number of hydrogen-bond acceptors (Lipinski definition) is 3. The zero-order valence-corrected chi connectivity index (χ0v) is 14.6. The molecule has 4 rings (SSSR count). The van der Waals surface area contributed by atoms with Crippen molar-refractivity contribution < 1.29 is 9.15 Å². The molecule has 1 heterocycles. The largest absolute Gasteiger partial charge is 0.489 e. The lowest BCUT2D eigenvalue weighted by Crippen LogP contribution is -1.94. The van der Waals surface area contributed by atoms with Gasteiger partial charge >= 0.3 is 0 Å². The highest BCUT2D eigenvalue weighted by Gasteiger charge is 2.09. The number of nitrogens with zero attached hydrogens (tertiary/aromatic N) is 1. The highest BCUT2D eigenvalue weighted by molar-refractivity contribution is 6.31. The highest BCUT2D eigenvalue weighted by Crippen LogP contribution is 2.27. The molecule has 0 amide bonds. The lowest BCUT2D eigenvalue weighted by Gasteiger charge is -2.06. The van der Waals surface area contributed by atoms with Crippen LogP contribution >= 0.6 is 23.2 Å². The van der Waals surface area contributed by atoms with Crippen molar-refractivity contribution in [1.82, 2.24) is 4.98 Å². The van der Waals surface area contributed by atoms with Crippen LogP contribution in [0.3, 0.4) is 0 Å². The second-order valence-electron chi connectivity index (χ2n) is 5.57. The standard InChI is InChI=1S/C20H13Cl2NO2/c21-15-5-1-13(2-6-15)12-24-17-8-3-14(4-9-17)20-23-18-11-16(22)7-10-19(18)25-20/h1-11H,12H2. The van der Waals surface area contributed by atoms with E-state index >= 15 is 0 Å². The number of ether oxygens (including phenoxy) is 1. The molecule has 124 valence electrons. The fourth-order valence-electron chi connectivity index (χ4n) is 2.47. The van der Waals surface area contributed by atoms with Gasteiger partial charge in [-0.3, -0.25) is 0 Å². The molecule has 0 atom stereocenters. The summed E-state index contributed by atoms with van der Waals surface area (Å²) in [7, 11) is 0. The molecule has 5 heteroatoms. The van der Waals surface area contributed by atoms with Crippen molar-refractivity contribution in [1.29, 1.82) is 0 Å². The zero-order chi connectivity index (χ0) is 17.2. The van der Waals surface area contributed by atoms with Crippen LogP contribution in [0.15, 0.2) is 71.1 Å². The predicted octanol–water partition coefficient (Wildman–Crippen LogP) is 6.38. The summed E-state index contributed by atoms with van der Waals surface area (Å²) >= 11 is 11.9. The Morgan fingerprint density at radius 2 is 1.56 bits per heavy atom.